The molecule has 1 heterocycles. The van der Waals surface area contributed by atoms with Crippen LogP contribution in [0.3, 0.4) is 0 Å². The molecule has 1 rings (SSSR count). The van der Waals surface area contributed by atoms with Crippen molar-refractivity contribution in [1.82, 2.24) is 4.98 Å². The van der Waals surface area contributed by atoms with Gasteiger partial charge in [0.1, 0.15) is 0 Å². The first kappa shape index (κ1) is 11.1. The summed E-state index contributed by atoms with van der Waals surface area (Å²) in [6.45, 7) is 8.77. The monoisotopic (exact) mass is 215 g/mol. The van der Waals surface area contributed by atoms with Crippen LogP contribution in [0.2, 0.25) is 0 Å². The van der Waals surface area contributed by atoms with Gasteiger partial charge in [0.15, 0.2) is 0 Å². The highest BCUT2D eigenvalue weighted by Crippen LogP contribution is 2.33. The van der Waals surface area contributed by atoms with E-state index in [1.54, 1.807) is 0 Å². The van der Waals surface area contributed by atoms with Gasteiger partial charge in [-0.15, -0.1) is 23.1 Å². The minimum atomic E-state index is 0.713. The third kappa shape index (κ3) is 2.99. The molecule has 13 heavy (non-hydrogen) atoms. The lowest BCUT2D eigenvalue weighted by Gasteiger charge is -2.06. The molecule has 0 aliphatic rings. The molecule has 0 amide bonds. The predicted molar refractivity (Wildman–Crippen MR) is 61.8 cm³/mol. The Morgan fingerprint density at radius 3 is 2.69 bits per heavy atom. The number of thioether (sulfide) groups is 1. The Kier molecular flexibility index (Phi) is 4.26. The van der Waals surface area contributed by atoms with E-state index >= 15 is 0 Å². The van der Waals surface area contributed by atoms with E-state index in [1.165, 1.54) is 21.3 Å². The summed E-state index contributed by atoms with van der Waals surface area (Å²) in [6.07, 6.45) is 2.29. The molecule has 0 fully saturated rings. The third-order valence-corrected chi connectivity index (χ3v) is 4.52. The summed E-state index contributed by atoms with van der Waals surface area (Å²) in [5, 5.41) is 1.91. The average Bonchev–Trinajstić information content (AvgIpc) is 2.46. The molecule has 0 saturated heterocycles. The minimum Gasteiger partial charge on any atom is -0.245 e. The summed E-state index contributed by atoms with van der Waals surface area (Å²) >= 11 is 3.81. The Labute approximate surface area is 89.0 Å². The van der Waals surface area contributed by atoms with E-state index in [0.29, 0.717) is 5.25 Å². The van der Waals surface area contributed by atoms with Gasteiger partial charge < -0.3 is 0 Å². The van der Waals surface area contributed by atoms with E-state index in [-0.39, 0.29) is 0 Å². The molecule has 0 N–H and O–H groups in total. The molecule has 1 nitrogen and oxygen atoms in total. The first-order valence-corrected chi connectivity index (χ1v) is 6.49. The van der Waals surface area contributed by atoms with E-state index in [2.05, 4.69) is 32.7 Å². The Hall–Kier alpha value is -0.0200. The van der Waals surface area contributed by atoms with Gasteiger partial charge in [0.2, 0.25) is 0 Å². The van der Waals surface area contributed by atoms with Crippen molar-refractivity contribution < 1.29 is 0 Å². The summed E-state index contributed by atoms with van der Waals surface area (Å²) in [5.74, 6) is 0. The number of rotatable bonds is 4. The van der Waals surface area contributed by atoms with Crippen LogP contribution in [-0.2, 0) is 6.42 Å². The van der Waals surface area contributed by atoms with Gasteiger partial charge in [-0.05, 0) is 19.8 Å². The largest absolute Gasteiger partial charge is 0.245 e. The Morgan fingerprint density at radius 1 is 1.46 bits per heavy atom. The van der Waals surface area contributed by atoms with E-state index in [1.807, 2.05) is 23.1 Å². The lowest BCUT2D eigenvalue weighted by molar-refractivity contribution is 0.904. The second-order valence-electron chi connectivity index (χ2n) is 3.16. The van der Waals surface area contributed by atoms with Gasteiger partial charge in [0, 0.05) is 5.25 Å². The molecular weight excluding hydrogens is 198 g/mol. The van der Waals surface area contributed by atoms with Crippen LogP contribution >= 0.6 is 23.1 Å². The lowest BCUT2D eigenvalue weighted by Crippen LogP contribution is -1.92. The van der Waals surface area contributed by atoms with Crippen molar-refractivity contribution in [1.29, 1.82) is 0 Å². The summed E-state index contributed by atoms with van der Waals surface area (Å²) < 4.78 is 1.43. The normalized spacial score (nSPS) is 13.2. The van der Waals surface area contributed by atoms with Crippen molar-refractivity contribution in [3.8, 4) is 0 Å². The van der Waals surface area contributed by atoms with E-state index < -0.39 is 0 Å². The van der Waals surface area contributed by atoms with Crippen LogP contribution in [-0.4, -0.2) is 10.2 Å². The number of hydrogen-bond acceptors (Lipinski definition) is 3. The van der Waals surface area contributed by atoms with Crippen molar-refractivity contribution in [2.45, 2.75) is 50.0 Å². The molecular formula is C10H17NS2. The van der Waals surface area contributed by atoms with Crippen molar-refractivity contribution in [3.05, 3.63) is 10.7 Å². The Balaban J connectivity index is 2.74. The van der Waals surface area contributed by atoms with Gasteiger partial charge in [-0.25, -0.2) is 4.98 Å². The average molecular weight is 215 g/mol. The van der Waals surface area contributed by atoms with Crippen LogP contribution in [0.1, 0.15) is 37.9 Å². The van der Waals surface area contributed by atoms with E-state index in [4.69, 9.17) is 0 Å². The van der Waals surface area contributed by atoms with Crippen LogP contribution < -0.4 is 0 Å². The number of aryl methyl sites for hydroxylation is 2. The van der Waals surface area contributed by atoms with Crippen LogP contribution in [0.4, 0.5) is 0 Å². The zero-order valence-corrected chi connectivity index (χ0v) is 10.4. The molecule has 0 aliphatic heterocycles. The van der Waals surface area contributed by atoms with E-state index in [9.17, 15) is 0 Å². The SMILES string of the molecule is CCc1nc(C)sc1SC(C)CC. The molecule has 3 heteroatoms. The van der Waals surface area contributed by atoms with Gasteiger partial charge >= 0.3 is 0 Å². The summed E-state index contributed by atoms with van der Waals surface area (Å²) in [5.41, 5.74) is 1.28. The molecule has 1 aromatic heterocycles. The molecule has 0 radical (unpaired) electrons. The molecule has 0 saturated carbocycles. The molecule has 74 valence electrons. The van der Waals surface area contributed by atoms with Gasteiger partial charge in [0.05, 0.1) is 14.9 Å². The summed E-state index contributed by atoms with van der Waals surface area (Å²) in [7, 11) is 0. The fraction of sp³-hybridized carbons (Fsp3) is 0.700. The van der Waals surface area contributed by atoms with Crippen molar-refractivity contribution in [2.24, 2.45) is 0 Å². The van der Waals surface area contributed by atoms with Gasteiger partial charge in [-0.2, -0.15) is 0 Å². The molecule has 0 aliphatic carbocycles. The fourth-order valence-corrected chi connectivity index (χ4v) is 3.67. The predicted octanol–water partition coefficient (Wildman–Crippen LogP) is 3.90. The smallest absolute Gasteiger partial charge is 0.0909 e. The quantitative estimate of drug-likeness (QED) is 0.706. The van der Waals surface area contributed by atoms with Crippen molar-refractivity contribution in [3.63, 3.8) is 0 Å². The molecule has 1 atom stereocenters. The molecule has 1 aromatic rings. The summed E-state index contributed by atoms with van der Waals surface area (Å²) in [6, 6.07) is 0. The van der Waals surface area contributed by atoms with E-state index in [0.717, 1.165) is 6.42 Å². The van der Waals surface area contributed by atoms with Crippen LogP contribution in [0.25, 0.3) is 0 Å². The number of thiazole rings is 1. The van der Waals surface area contributed by atoms with Gasteiger partial charge in [-0.3, -0.25) is 0 Å². The van der Waals surface area contributed by atoms with Crippen molar-refractivity contribution in [2.75, 3.05) is 0 Å². The molecule has 0 spiro atoms. The number of hydrogen-bond donors (Lipinski definition) is 0. The molecule has 0 bridgehead atoms. The second-order valence-corrected chi connectivity index (χ2v) is 6.07. The zero-order chi connectivity index (χ0) is 9.84. The van der Waals surface area contributed by atoms with Gasteiger partial charge in [-0.1, -0.05) is 20.8 Å². The Bertz CT molecular complexity index is 268. The maximum Gasteiger partial charge on any atom is 0.0909 e. The first-order valence-electron chi connectivity index (χ1n) is 4.80. The Morgan fingerprint density at radius 2 is 2.15 bits per heavy atom. The lowest BCUT2D eigenvalue weighted by atomic mass is 10.4. The fourth-order valence-electron chi connectivity index (χ4n) is 1.03. The maximum absolute atomic E-state index is 4.51. The number of nitrogens with zero attached hydrogens (tertiary/aromatic N) is 1. The van der Waals surface area contributed by atoms with Crippen LogP contribution in [0, 0.1) is 6.92 Å². The zero-order valence-electron chi connectivity index (χ0n) is 8.76. The second kappa shape index (κ2) is 5.01. The van der Waals surface area contributed by atoms with Crippen molar-refractivity contribution >= 4 is 23.1 Å². The molecule has 1 unspecified atom stereocenters. The molecule has 0 aromatic carbocycles. The topological polar surface area (TPSA) is 12.9 Å². The van der Waals surface area contributed by atoms with Gasteiger partial charge in [0.25, 0.3) is 0 Å². The summed E-state index contributed by atoms with van der Waals surface area (Å²) in [4.78, 5) is 4.51. The third-order valence-electron chi connectivity index (χ3n) is 1.99. The highest BCUT2D eigenvalue weighted by molar-refractivity contribution is 8.01. The number of aromatic nitrogens is 1. The van der Waals surface area contributed by atoms with Crippen LogP contribution in [0.5, 0.6) is 0 Å². The standard InChI is InChI=1S/C10H17NS2/c1-5-7(3)12-10-9(6-2)11-8(4)13-10/h7H,5-6H2,1-4H3. The maximum atomic E-state index is 4.51. The highest BCUT2D eigenvalue weighted by atomic mass is 32.2. The minimum absolute atomic E-state index is 0.713. The van der Waals surface area contributed by atoms with Crippen LogP contribution in [0.15, 0.2) is 4.21 Å². The first-order chi connectivity index (χ1) is 6.17. The highest BCUT2D eigenvalue weighted by Gasteiger charge is 2.10.